The number of para-hydroxylation sites is 1. The van der Waals surface area contributed by atoms with Gasteiger partial charge in [-0.1, -0.05) is 44.4 Å². The van der Waals surface area contributed by atoms with Crippen LogP contribution >= 0.6 is 22.6 Å². The molecular formula is C27H37IN2O5. The number of hydrogen-bond acceptors (Lipinski definition) is 5. The van der Waals surface area contributed by atoms with Crippen LogP contribution in [0.2, 0.25) is 0 Å². The number of nitrogens with zero attached hydrogens (tertiary/aromatic N) is 1. The molecule has 1 aromatic carbocycles. The van der Waals surface area contributed by atoms with Crippen molar-refractivity contribution < 1.29 is 24.5 Å². The standard InChI is InChI=1S/C27H37IN2O5/c1-2-3-13-25(32)30(18-19-9-5-4-6-10-19)22-16-20(27(34)29-14-15-31)17-24(26(22)33)35-23-12-8-7-11-21(23)28/h3,7-8,11-13,17,19,22,24,26,31,33H,2,4-6,9-10,14-16,18H2,1H3,(H,29,34). The highest BCUT2D eigenvalue weighted by Crippen LogP contribution is 2.32. The molecule has 1 fully saturated rings. The highest BCUT2D eigenvalue weighted by atomic mass is 127. The van der Waals surface area contributed by atoms with Gasteiger partial charge in [0.25, 0.3) is 0 Å². The lowest BCUT2D eigenvalue weighted by Gasteiger charge is -2.42. The average molecular weight is 597 g/mol. The Kier molecular flexibility index (Phi) is 11.1. The highest BCUT2D eigenvalue weighted by Gasteiger charge is 2.40. The first kappa shape index (κ1) is 27.7. The van der Waals surface area contributed by atoms with Crippen LogP contribution in [0.25, 0.3) is 0 Å². The van der Waals surface area contributed by atoms with Crippen LogP contribution in [-0.4, -0.2) is 64.9 Å². The van der Waals surface area contributed by atoms with Crippen molar-refractivity contribution >= 4 is 34.4 Å². The van der Waals surface area contributed by atoms with Crippen molar-refractivity contribution in [3.05, 3.63) is 51.6 Å². The van der Waals surface area contributed by atoms with Gasteiger partial charge in [0, 0.05) is 25.1 Å². The quantitative estimate of drug-likeness (QED) is 0.284. The molecule has 0 heterocycles. The molecule has 3 N–H and O–H groups in total. The van der Waals surface area contributed by atoms with E-state index >= 15 is 0 Å². The Morgan fingerprint density at radius 2 is 1.97 bits per heavy atom. The van der Waals surface area contributed by atoms with Gasteiger partial charge in [0.15, 0.2) is 0 Å². The molecule has 1 saturated carbocycles. The summed E-state index contributed by atoms with van der Waals surface area (Å²) in [5.74, 6) is 0.523. The van der Waals surface area contributed by atoms with Crippen molar-refractivity contribution in [1.29, 1.82) is 0 Å². The van der Waals surface area contributed by atoms with E-state index in [-0.39, 0.29) is 31.4 Å². The third-order valence-electron chi connectivity index (χ3n) is 6.67. The molecule has 0 spiro atoms. The normalized spacial score (nSPS) is 23.1. The van der Waals surface area contributed by atoms with Crippen molar-refractivity contribution in [2.75, 3.05) is 19.7 Å². The molecule has 3 unspecified atom stereocenters. The average Bonchev–Trinajstić information content (AvgIpc) is 2.87. The second-order valence-corrected chi connectivity index (χ2v) is 10.4. The van der Waals surface area contributed by atoms with E-state index in [2.05, 4.69) is 27.9 Å². The third-order valence-corrected chi connectivity index (χ3v) is 7.56. The molecule has 2 amide bonds. The number of ether oxygens (including phenoxy) is 1. The molecule has 192 valence electrons. The molecule has 2 aliphatic rings. The van der Waals surface area contributed by atoms with Gasteiger partial charge in [0.2, 0.25) is 11.8 Å². The van der Waals surface area contributed by atoms with Crippen LogP contribution in [0.3, 0.4) is 0 Å². The Morgan fingerprint density at radius 3 is 2.66 bits per heavy atom. The Labute approximate surface area is 221 Å². The zero-order valence-electron chi connectivity index (χ0n) is 20.4. The maximum absolute atomic E-state index is 13.3. The van der Waals surface area contributed by atoms with Gasteiger partial charge in [-0.3, -0.25) is 9.59 Å². The van der Waals surface area contributed by atoms with E-state index in [1.54, 1.807) is 17.1 Å². The van der Waals surface area contributed by atoms with Crippen LogP contribution in [0.5, 0.6) is 5.75 Å². The summed E-state index contributed by atoms with van der Waals surface area (Å²) >= 11 is 2.17. The highest BCUT2D eigenvalue weighted by molar-refractivity contribution is 14.1. The van der Waals surface area contributed by atoms with Gasteiger partial charge < -0.3 is 25.2 Å². The number of allylic oxidation sites excluding steroid dienone is 1. The molecule has 3 atom stereocenters. The van der Waals surface area contributed by atoms with Crippen LogP contribution in [0.4, 0.5) is 0 Å². The van der Waals surface area contributed by atoms with Crippen molar-refractivity contribution in [3.8, 4) is 5.75 Å². The largest absolute Gasteiger partial charge is 0.482 e. The summed E-state index contributed by atoms with van der Waals surface area (Å²) in [6.07, 6.45) is 9.88. The van der Waals surface area contributed by atoms with Crippen molar-refractivity contribution in [3.63, 3.8) is 0 Å². The number of rotatable bonds is 10. The summed E-state index contributed by atoms with van der Waals surface area (Å²) in [6, 6.07) is 6.90. The number of nitrogens with one attached hydrogen (secondary N) is 1. The monoisotopic (exact) mass is 596 g/mol. The number of hydrogen-bond donors (Lipinski definition) is 3. The zero-order chi connectivity index (χ0) is 25.2. The van der Waals surface area contributed by atoms with E-state index in [1.807, 2.05) is 37.3 Å². The molecule has 8 heteroatoms. The lowest BCUT2D eigenvalue weighted by atomic mass is 9.85. The number of amides is 2. The van der Waals surface area contributed by atoms with Crippen LogP contribution in [0.1, 0.15) is 51.9 Å². The molecular weight excluding hydrogens is 559 g/mol. The molecule has 0 aromatic heterocycles. The van der Waals surface area contributed by atoms with E-state index in [4.69, 9.17) is 9.84 Å². The summed E-state index contributed by atoms with van der Waals surface area (Å²) < 4.78 is 7.08. The molecule has 35 heavy (non-hydrogen) atoms. The van der Waals surface area contributed by atoms with Gasteiger partial charge in [-0.2, -0.15) is 0 Å². The van der Waals surface area contributed by atoms with Crippen molar-refractivity contribution in [1.82, 2.24) is 10.2 Å². The summed E-state index contributed by atoms with van der Waals surface area (Å²) in [5.41, 5.74) is 0.450. The Morgan fingerprint density at radius 1 is 1.23 bits per heavy atom. The van der Waals surface area contributed by atoms with Crippen molar-refractivity contribution in [2.24, 2.45) is 5.92 Å². The first-order valence-electron chi connectivity index (χ1n) is 12.6. The van der Waals surface area contributed by atoms with E-state index in [9.17, 15) is 14.7 Å². The van der Waals surface area contributed by atoms with Crippen LogP contribution < -0.4 is 10.1 Å². The molecule has 3 rings (SSSR count). The first-order chi connectivity index (χ1) is 16.9. The summed E-state index contributed by atoms with van der Waals surface area (Å²) in [6.45, 7) is 2.49. The van der Waals surface area contributed by atoms with Gasteiger partial charge in [-0.25, -0.2) is 0 Å². The van der Waals surface area contributed by atoms with Crippen LogP contribution in [0.15, 0.2) is 48.1 Å². The Hall–Kier alpha value is -1.91. The fourth-order valence-electron chi connectivity index (χ4n) is 4.82. The van der Waals surface area contributed by atoms with E-state index in [0.717, 1.165) is 35.7 Å². The van der Waals surface area contributed by atoms with Gasteiger partial charge in [0.05, 0.1) is 16.2 Å². The SMILES string of the molecule is CCC=CC(=O)N(CC1CCCCC1)C1CC(C(=O)NCCO)=CC(Oc2ccccc2I)C1O. The molecule has 7 nitrogen and oxygen atoms in total. The minimum atomic E-state index is -0.997. The minimum absolute atomic E-state index is 0.134. The molecule has 1 aromatic rings. The second kappa shape index (κ2) is 14.0. The maximum Gasteiger partial charge on any atom is 0.247 e. The molecule has 0 bridgehead atoms. The van der Waals surface area contributed by atoms with Gasteiger partial charge in [-0.15, -0.1) is 0 Å². The molecule has 0 radical (unpaired) electrons. The van der Waals surface area contributed by atoms with E-state index in [0.29, 0.717) is 23.8 Å². The lowest BCUT2D eigenvalue weighted by molar-refractivity contribution is -0.134. The molecule has 2 aliphatic carbocycles. The maximum atomic E-state index is 13.3. The molecule has 0 aliphatic heterocycles. The molecule has 0 saturated heterocycles. The lowest BCUT2D eigenvalue weighted by Crippen LogP contribution is -2.56. The van der Waals surface area contributed by atoms with Crippen molar-refractivity contribution in [2.45, 2.75) is 70.1 Å². The van der Waals surface area contributed by atoms with Gasteiger partial charge in [-0.05, 0) is 72.1 Å². The van der Waals surface area contributed by atoms with Gasteiger partial charge in [0.1, 0.15) is 18.0 Å². The summed E-state index contributed by atoms with van der Waals surface area (Å²) in [5, 5.41) is 23.3. The first-order valence-corrected chi connectivity index (χ1v) is 13.7. The number of halogens is 1. The minimum Gasteiger partial charge on any atom is -0.482 e. The predicted octanol–water partition coefficient (Wildman–Crippen LogP) is 3.58. The zero-order valence-corrected chi connectivity index (χ0v) is 22.5. The predicted molar refractivity (Wildman–Crippen MR) is 144 cm³/mol. The topological polar surface area (TPSA) is 99.1 Å². The van der Waals surface area contributed by atoms with E-state index in [1.165, 1.54) is 6.42 Å². The second-order valence-electron chi connectivity index (χ2n) is 9.25. The Bertz CT molecular complexity index is 913. The summed E-state index contributed by atoms with van der Waals surface area (Å²) in [7, 11) is 0. The van der Waals surface area contributed by atoms with Crippen LogP contribution in [0, 0.1) is 9.49 Å². The number of carbonyl (C=O) groups excluding carboxylic acids is 2. The number of benzene rings is 1. The fraction of sp³-hybridized carbons (Fsp3) is 0.556. The van der Waals surface area contributed by atoms with Gasteiger partial charge >= 0.3 is 0 Å². The van der Waals surface area contributed by atoms with Crippen LogP contribution in [-0.2, 0) is 9.59 Å². The summed E-state index contributed by atoms with van der Waals surface area (Å²) in [4.78, 5) is 28.0. The fourth-order valence-corrected chi connectivity index (χ4v) is 5.33. The van der Waals surface area contributed by atoms with E-state index < -0.39 is 18.2 Å². The Balaban J connectivity index is 1.92. The smallest absolute Gasteiger partial charge is 0.247 e. The number of aliphatic hydroxyl groups excluding tert-OH is 2. The number of aliphatic hydroxyl groups is 2. The number of carbonyl (C=O) groups is 2. The third kappa shape index (κ3) is 7.79.